The number of aromatic nitrogens is 1. The van der Waals surface area contributed by atoms with Crippen molar-refractivity contribution >= 4 is 33.0 Å². The topological polar surface area (TPSA) is 24.9 Å². The van der Waals surface area contributed by atoms with Crippen molar-refractivity contribution in [3.05, 3.63) is 45.1 Å². The summed E-state index contributed by atoms with van der Waals surface area (Å²) in [5.74, 6) is -0.254. The van der Waals surface area contributed by atoms with Crippen LogP contribution in [-0.4, -0.2) is 4.98 Å². The van der Waals surface area contributed by atoms with Gasteiger partial charge in [0.2, 0.25) is 0 Å². The predicted octanol–water partition coefficient (Wildman–Crippen LogP) is 4.22. The van der Waals surface area contributed by atoms with Gasteiger partial charge in [-0.2, -0.15) is 0 Å². The number of hydrogen-bond donors (Lipinski definition) is 1. The van der Waals surface area contributed by atoms with Gasteiger partial charge in [-0.15, -0.1) is 11.3 Å². The first-order valence-electron chi connectivity index (χ1n) is 4.76. The number of thiazole rings is 1. The van der Waals surface area contributed by atoms with Crippen molar-refractivity contribution < 1.29 is 4.39 Å². The van der Waals surface area contributed by atoms with E-state index in [0.717, 1.165) is 15.9 Å². The Balaban J connectivity index is 2.17. The molecule has 0 bridgehead atoms. The number of rotatable bonds is 3. The summed E-state index contributed by atoms with van der Waals surface area (Å²) < 4.78 is 13.9. The first-order chi connectivity index (χ1) is 7.66. The number of benzene rings is 1. The van der Waals surface area contributed by atoms with Crippen molar-refractivity contribution in [1.82, 2.24) is 4.98 Å². The number of nitrogens with zero attached hydrogens (tertiary/aromatic N) is 1. The van der Waals surface area contributed by atoms with E-state index >= 15 is 0 Å². The van der Waals surface area contributed by atoms with Crippen LogP contribution in [-0.2, 0) is 0 Å². The second kappa shape index (κ2) is 4.93. The third-order valence-corrected chi connectivity index (χ3v) is 3.49. The van der Waals surface area contributed by atoms with Gasteiger partial charge in [0.25, 0.3) is 0 Å². The Bertz CT molecular complexity index is 473. The summed E-state index contributed by atoms with van der Waals surface area (Å²) in [5.41, 5.74) is 3.48. The van der Waals surface area contributed by atoms with Crippen LogP contribution in [0.3, 0.4) is 0 Å². The number of halogens is 2. The molecule has 1 aromatic carbocycles. The van der Waals surface area contributed by atoms with Gasteiger partial charge in [-0.05, 0) is 41.1 Å². The van der Waals surface area contributed by atoms with Gasteiger partial charge in [0.15, 0.2) is 0 Å². The van der Waals surface area contributed by atoms with E-state index in [1.54, 1.807) is 22.9 Å². The van der Waals surface area contributed by atoms with Crippen LogP contribution in [0.25, 0.3) is 0 Å². The van der Waals surface area contributed by atoms with E-state index in [1.807, 2.05) is 12.3 Å². The summed E-state index contributed by atoms with van der Waals surface area (Å²) in [7, 11) is 0. The maximum absolute atomic E-state index is 13.1. The Hall–Kier alpha value is -0.940. The third kappa shape index (κ3) is 2.59. The van der Waals surface area contributed by atoms with E-state index in [-0.39, 0.29) is 11.9 Å². The van der Waals surface area contributed by atoms with E-state index in [9.17, 15) is 4.39 Å². The Labute approximate surface area is 106 Å². The highest BCUT2D eigenvalue weighted by molar-refractivity contribution is 9.10. The molecule has 2 aromatic rings. The second-order valence-corrected chi connectivity index (χ2v) is 4.98. The average Bonchev–Trinajstić information content (AvgIpc) is 2.76. The molecule has 16 heavy (non-hydrogen) atoms. The zero-order chi connectivity index (χ0) is 11.5. The summed E-state index contributed by atoms with van der Waals surface area (Å²) in [6.45, 7) is 1.99. The highest BCUT2D eigenvalue weighted by Crippen LogP contribution is 2.27. The van der Waals surface area contributed by atoms with Gasteiger partial charge < -0.3 is 5.32 Å². The summed E-state index contributed by atoms with van der Waals surface area (Å²) in [4.78, 5) is 4.21. The smallest absolute Gasteiger partial charge is 0.125 e. The highest BCUT2D eigenvalue weighted by Gasteiger charge is 2.09. The van der Waals surface area contributed by atoms with Gasteiger partial charge in [0.1, 0.15) is 5.82 Å². The number of hydrogen-bond acceptors (Lipinski definition) is 3. The van der Waals surface area contributed by atoms with E-state index in [1.165, 1.54) is 12.1 Å². The third-order valence-electron chi connectivity index (χ3n) is 2.20. The van der Waals surface area contributed by atoms with Crippen molar-refractivity contribution in [1.29, 1.82) is 0 Å². The fraction of sp³-hybridized carbons (Fsp3) is 0.182. The van der Waals surface area contributed by atoms with Crippen molar-refractivity contribution in [2.75, 3.05) is 5.32 Å². The molecule has 0 aliphatic carbocycles. The van der Waals surface area contributed by atoms with Crippen LogP contribution in [0.2, 0.25) is 0 Å². The van der Waals surface area contributed by atoms with Crippen molar-refractivity contribution in [3.63, 3.8) is 0 Å². The molecule has 5 heteroatoms. The summed E-state index contributed by atoms with van der Waals surface area (Å²) >= 11 is 4.92. The molecule has 2 rings (SSSR count). The standard InChI is InChI=1S/C11H10BrFN2S/c1-7(11-5-16-6-14-11)15-10-4-8(13)2-3-9(10)12/h2-7,15H,1H3. The molecule has 0 amide bonds. The Morgan fingerprint density at radius 2 is 2.31 bits per heavy atom. The lowest BCUT2D eigenvalue weighted by molar-refractivity contribution is 0.627. The fourth-order valence-corrected chi connectivity index (χ4v) is 2.36. The summed E-state index contributed by atoms with van der Waals surface area (Å²) in [6.07, 6.45) is 0. The van der Waals surface area contributed by atoms with E-state index < -0.39 is 0 Å². The molecule has 0 fully saturated rings. The molecule has 0 aliphatic rings. The van der Waals surface area contributed by atoms with E-state index in [4.69, 9.17) is 0 Å². The predicted molar refractivity (Wildman–Crippen MR) is 68.3 cm³/mol. The van der Waals surface area contributed by atoms with Gasteiger partial charge in [-0.25, -0.2) is 9.37 Å². The lowest BCUT2D eigenvalue weighted by Gasteiger charge is -2.14. The molecule has 1 atom stereocenters. The van der Waals surface area contributed by atoms with Crippen molar-refractivity contribution in [2.45, 2.75) is 13.0 Å². The maximum Gasteiger partial charge on any atom is 0.125 e. The average molecular weight is 301 g/mol. The summed E-state index contributed by atoms with van der Waals surface area (Å²) in [5, 5.41) is 5.19. The minimum Gasteiger partial charge on any atom is -0.376 e. The van der Waals surface area contributed by atoms with Crippen LogP contribution in [0.15, 0.2) is 33.6 Å². The van der Waals surface area contributed by atoms with Crippen LogP contribution in [0.1, 0.15) is 18.7 Å². The quantitative estimate of drug-likeness (QED) is 0.918. The Morgan fingerprint density at radius 3 is 3.00 bits per heavy atom. The normalized spacial score (nSPS) is 12.4. The molecule has 0 radical (unpaired) electrons. The van der Waals surface area contributed by atoms with Crippen LogP contribution in [0, 0.1) is 5.82 Å². The largest absolute Gasteiger partial charge is 0.376 e. The Kier molecular flexibility index (Phi) is 3.56. The molecular formula is C11H10BrFN2S. The SMILES string of the molecule is CC(Nc1cc(F)ccc1Br)c1cscn1. The molecule has 1 aromatic heterocycles. The zero-order valence-electron chi connectivity index (χ0n) is 8.58. The maximum atomic E-state index is 13.1. The van der Waals surface area contributed by atoms with Gasteiger partial charge in [0, 0.05) is 9.85 Å². The van der Waals surface area contributed by atoms with E-state index in [0.29, 0.717) is 0 Å². The van der Waals surface area contributed by atoms with Crippen LogP contribution >= 0.6 is 27.3 Å². The van der Waals surface area contributed by atoms with E-state index in [2.05, 4.69) is 26.2 Å². The van der Waals surface area contributed by atoms with Crippen LogP contribution < -0.4 is 5.32 Å². The Morgan fingerprint density at radius 1 is 1.50 bits per heavy atom. The first-order valence-corrected chi connectivity index (χ1v) is 6.50. The monoisotopic (exact) mass is 300 g/mol. The van der Waals surface area contributed by atoms with Gasteiger partial charge in [-0.3, -0.25) is 0 Å². The van der Waals surface area contributed by atoms with Gasteiger partial charge in [-0.1, -0.05) is 0 Å². The minimum atomic E-state index is -0.254. The highest BCUT2D eigenvalue weighted by atomic mass is 79.9. The van der Waals surface area contributed by atoms with Crippen LogP contribution in [0.4, 0.5) is 10.1 Å². The summed E-state index contributed by atoms with van der Waals surface area (Å²) in [6, 6.07) is 4.63. The molecule has 0 saturated heterocycles. The van der Waals surface area contributed by atoms with Gasteiger partial charge >= 0.3 is 0 Å². The van der Waals surface area contributed by atoms with Crippen molar-refractivity contribution in [3.8, 4) is 0 Å². The molecule has 0 spiro atoms. The molecule has 0 saturated carbocycles. The van der Waals surface area contributed by atoms with Crippen molar-refractivity contribution in [2.24, 2.45) is 0 Å². The molecule has 0 aliphatic heterocycles. The fourth-order valence-electron chi connectivity index (χ4n) is 1.35. The minimum absolute atomic E-state index is 0.0596. The van der Waals surface area contributed by atoms with Gasteiger partial charge in [0.05, 0.1) is 22.9 Å². The van der Waals surface area contributed by atoms with Crippen LogP contribution in [0.5, 0.6) is 0 Å². The zero-order valence-corrected chi connectivity index (χ0v) is 11.0. The number of anilines is 1. The molecule has 1 unspecified atom stereocenters. The number of nitrogens with one attached hydrogen (secondary N) is 1. The lowest BCUT2D eigenvalue weighted by atomic mass is 10.2. The molecule has 1 N–H and O–H groups in total. The molecule has 2 nitrogen and oxygen atoms in total. The molecule has 1 heterocycles. The first kappa shape index (κ1) is 11.5. The molecular weight excluding hydrogens is 291 g/mol. The molecule has 84 valence electrons. The lowest BCUT2D eigenvalue weighted by Crippen LogP contribution is -2.07. The second-order valence-electron chi connectivity index (χ2n) is 3.40.